The molecular weight excluding hydrogens is 430 g/mol. The van der Waals surface area contributed by atoms with E-state index in [0.717, 1.165) is 26.6 Å². The Morgan fingerprint density at radius 1 is 1.07 bits per heavy atom. The van der Waals surface area contributed by atoms with Crippen LogP contribution in [0.15, 0.2) is 63.5 Å². The Hall–Kier alpha value is -2.08. The van der Waals surface area contributed by atoms with Crippen molar-refractivity contribution in [3.63, 3.8) is 0 Å². The molecule has 1 aliphatic heterocycles. The summed E-state index contributed by atoms with van der Waals surface area (Å²) < 4.78 is 12.4. The van der Waals surface area contributed by atoms with Gasteiger partial charge in [-0.25, -0.2) is 0 Å². The van der Waals surface area contributed by atoms with Gasteiger partial charge >= 0.3 is 0 Å². The first kappa shape index (κ1) is 18.3. The summed E-state index contributed by atoms with van der Waals surface area (Å²) in [7, 11) is 0. The molecule has 1 aromatic heterocycles. The van der Waals surface area contributed by atoms with Crippen LogP contribution in [0.3, 0.4) is 0 Å². The molecule has 0 unspecified atom stereocenters. The van der Waals surface area contributed by atoms with Gasteiger partial charge in [0.1, 0.15) is 11.3 Å². The van der Waals surface area contributed by atoms with Gasteiger partial charge in [0.25, 0.3) is 0 Å². The average molecular weight is 447 g/mol. The molecule has 1 amide bonds. The number of benzene rings is 2. The van der Waals surface area contributed by atoms with E-state index >= 15 is 0 Å². The highest BCUT2D eigenvalue weighted by Crippen LogP contribution is 2.31. The van der Waals surface area contributed by atoms with Crippen molar-refractivity contribution < 1.29 is 13.9 Å². The van der Waals surface area contributed by atoms with Crippen LogP contribution in [0.25, 0.3) is 16.5 Å². The number of ether oxygens (including phenoxy) is 1. The molecule has 4 nitrogen and oxygen atoms in total. The molecule has 6 heteroatoms. The molecule has 27 heavy (non-hydrogen) atoms. The number of hydrogen-bond donors (Lipinski definition) is 0. The number of morpholine rings is 1. The third-order valence-electron chi connectivity index (χ3n) is 4.49. The van der Waals surface area contributed by atoms with Crippen molar-refractivity contribution >= 4 is 50.0 Å². The van der Waals surface area contributed by atoms with Crippen molar-refractivity contribution in [3.05, 3.63) is 75.4 Å². The fourth-order valence-electron chi connectivity index (χ4n) is 3.07. The fraction of sp³-hybridized carbons (Fsp3) is 0.190. The second-order valence-corrected chi connectivity index (χ2v) is 7.65. The average Bonchev–Trinajstić information content (AvgIpc) is 3.10. The number of amides is 1. The molecule has 0 saturated carbocycles. The minimum absolute atomic E-state index is 0.0510. The minimum Gasteiger partial charge on any atom is -0.456 e. The number of hydrogen-bond acceptors (Lipinski definition) is 3. The fourth-order valence-corrected chi connectivity index (χ4v) is 3.58. The van der Waals surface area contributed by atoms with Crippen LogP contribution < -0.4 is 0 Å². The highest BCUT2D eigenvalue weighted by atomic mass is 79.9. The summed E-state index contributed by atoms with van der Waals surface area (Å²) >= 11 is 9.51. The van der Waals surface area contributed by atoms with E-state index in [1.807, 2.05) is 48.5 Å². The van der Waals surface area contributed by atoms with Gasteiger partial charge in [-0.1, -0.05) is 39.7 Å². The number of carbonyl (C=O) groups excluding carboxylic acids is 1. The van der Waals surface area contributed by atoms with Crippen molar-refractivity contribution in [1.82, 2.24) is 4.90 Å². The van der Waals surface area contributed by atoms with E-state index in [2.05, 4.69) is 15.9 Å². The van der Waals surface area contributed by atoms with Crippen LogP contribution in [0.4, 0.5) is 0 Å². The third-order valence-corrected chi connectivity index (χ3v) is 5.23. The Morgan fingerprint density at radius 3 is 2.56 bits per heavy atom. The summed E-state index contributed by atoms with van der Waals surface area (Å²) in [5, 5.41) is 1.62. The van der Waals surface area contributed by atoms with Crippen LogP contribution in [0, 0.1) is 0 Å². The van der Waals surface area contributed by atoms with Gasteiger partial charge < -0.3 is 14.1 Å². The monoisotopic (exact) mass is 445 g/mol. The summed E-state index contributed by atoms with van der Waals surface area (Å²) in [6.45, 7) is 2.32. The van der Waals surface area contributed by atoms with Crippen LogP contribution in [-0.2, 0) is 9.53 Å². The standard InChI is InChI=1S/C21H17BrClNO3/c22-16-3-6-19-15(11-16)12-20(27-19)18(14-1-4-17(23)5-2-14)13-21(25)24-7-9-26-10-8-24/h1-6,11-13H,7-10H2. The maximum absolute atomic E-state index is 12.8. The zero-order chi connectivity index (χ0) is 18.8. The van der Waals surface area contributed by atoms with E-state index in [4.69, 9.17) is 20.8 Å². The highest BCUT2D eigenvalue weighted by Gasteiger charge is 2.18. The zero-order valence-electron chi connectivity index (χ0n) is 14.5. The van der Waals surface area contributed by atoms with E-state index in [-0.39, 0.29) is 5.91 Å². The molecule has 0 N–H and O–H groups in total. The quantitative estimate of drug-likeness (QED) is 0.523. The van der Waals surface area contributed by atoms with Crippen molar-refractivity contribution in [2.45, 2.75) is 0 Å². The van der Waals surface area contributed by atoms with Gasteiger partial charge in [0.15, 0.2) is 0 Å². The van der Waals surface area contributed by atoms with E-state index in [1.54, 1.807) is 11.0 Å². The molecule has 1 aliphatic rings. The first-order valence-electron chi connectivity index (χ1n) is 8.64. The molecule has 138 valence electrons. The van der Waals surface area contributed by atoms with Crippen LogP contribution in [-0.4, -0.2) is 37.1 Å². The molecule has 2 heterocycles. The maximum Gasteiger partial charge on any atom is 0.247 e. The van der Waals surface area contributed by atoms with Crippen LogP contribution in [0.5, 0.6) is 0 Å². The molecule has 0 radical (unpaired) electrons. The summed E-state index contributed by atoms with van der Waals surface area (Å²) in [6.07, 6.45) is 1.64. The predicted molar refractivity (Wildman–Crippen MR) is 110 cm³/mol. The molecule has 0 atom stereocenters. The van der Waals surface area contributed by atoms with Crippen LogP contribution in [0.1, 0.15) is 11.3 Å². The van der Waals surface area contributed by atoms with Gasteiger partial charge in [0.2, 0.25) is 5.91 Å². The molecule has 1 fully saturated rings. The van der Waals surface area contributed by atoms with Crippen LogP contribution >= 0.6 is 27.5 Å². The third kappa shape index (κ3) is 4.10. The lowest BCUT2D eigenvalue weighted by Crippen LogP contribution is -2.39. The Morgan fingerprint density at radius 2 is 1.81 bits per heavy atom. The van der Waals surface area contributed by atoms with E-state index < -0.39 is 0 Å². The second-order valence-electron chi connectivity index (χ2n) is 6.30. The Kier molecular flexibility index (Phi) is 5.34. The predicted octanol–water partition coefficient (Wildman–Crippen LogP) is 5.14. The summed E-state index contributed by atoms with van der Waals surface area (Å²) in [4.78, 5) is 14.6. The van der Waals surface area contributed by atoms with Gasteiger partial charge in [0, 0.05) is 39.6 Å². The molecule has 0 spiro atoms. The molecule has 0 aliphatic carbocycles. The summed E-state index contributed by atoms with van der Waals surface area (Å²) in [6, 6.07) is 15.2. The van der Waals surface area contributed by atoms with Gasteiger partial charge in [-0.05, 0) is 42.0 Å². The number of furan rings is 1. The number of halogens is 2. The lowest BCUT2D eigenvalue weighted by atomic mass is 10.0. The Labute approximate surface area is 170 Å². The summed E-state index contributed by atoms with van der Waals surface area (Å²) in [5.41, 5.74) is 2.38. The number of carbonyl (C=O) groups is 1. The van der Waals surface area contributed by atoms with Crippen molar-refractivity contribution in [2.24, 2.45) is 0 Å². The first-order chi connectivity index (χ1) is 13.1. The molecule has 0 bridgehead atoms. The van der Waals surface area contributed by atoms with Gasteiger partial charge in [-0.2, -0.15) is 0 Å². The Bertz CT molecular complexity index is 1000. The largest absolute Gasteiger partial charge is 0.456 e. The molecule has 1 saturated heterocycles. The minimum atomic E-state index is -0.0510. The number of rotatable bonds is 3. The maximum atomic E-state index is 12.8. The van der Waals surface area contributed by atoms with E-state index in [0.29, 0.717) is 37.1 Å². The lowest BCUT2D eigenvalue weighted by molar-refractivity contribution is -0.129. The zero-order valence-corrected chi connectivity index (χ0v) is 16.8. The SMILES string of the molecule is O=C(C=C(c1ccc(Cl)cc1)c1cc2cc(Br)ccc2o1)N1CCOCC1. The molecular formula is C21H17BrClNO3. The lowest BCUT2D eigenvalue weighted by Gasteiger charge is -2.26. The number of nitrogens with zero attached hydrogens (tertiary/aromatic N) is 1. The van der Waals surface area contributed by atoms with Crippen molar-refractivity contribution in [2.75, 3.05) is 26.3 Å². The normalized spacial score (nSPS) is 15.3. The smallest absolute Gasteiger partial charge is 0.247 e. The Balaban J connectivity index is 1.77. The number of fused-ring (bicyclic) bond motifs is 1. The van der Waals surface area contributed by atoms with Gasteiger partial charge in [-0.15, -0.1) is 0 Å². The second kappa shape index (κ2) is 7.89. The van der Waals surface area contributed by atoms with Crippen LogP contribution in [0.2, 0.25) is 5.02 Å². The highest BCUT2D eigenvalue weighted by molar-refractivity contribution is 9.10. The van der Waals surface area contributed by atoms with E-state index in [1.165, 1.54) is 0 Å². The molecule has 3 aromatic rings. The first-order valence-corrected chi connectivity index (χ1v) is 9.81. The van der Waals surface area contributed by atoms with Crippen molar-refractivity contribution in [3.8, 4) is 0 Å². The van der Waals surface area contributed by atoms with E-state index in [9.17, 15) is 4.79 Å². The van der Waals surface area contributed by atoms with Gasteiger partial charge in [0.05, 0.1) is 13.2 Å². The molecule has 2 aromatic carbocycles. The summed E-state index contributed by atoms with van der Waals surface area (Å²) in [5.74, 6) is 0.594. The topological polar surface area (TPSA) is 42.7 Å². The van der Waals surface area contributed by atoms with Gasteiger partial charge in [-0.3, -0.25) is 4.79 Å². The molecule has 4 rings (SSSR count). The van der Waals surface area contributed by atoms with Crippen molar-refractivity contribution in [1.29, 1.82) is 0 Å².